The number of benzene rings is 1. The van der Waals surface area contributed by atoms with Crippen LogP contribution in [0.25, 0.3) is 0 Å². The third-order valence-electron chi connectivity index (χ3n) is 2.81. The minimum atomic E-state index is 0.213. The van der Waals surface area contributed by atoms with Crippen molar-refractivity contribution in [2.45, 2.75) is 19.4 Å². The molecule has 2 rings (SSSR count). The van der Waals surface area contributed by atoms with Gasteiger partial charge in [0.1, 0.15) is 0 Å². The number of hydrogen-bond donors (Lipinski definition) is 1. The molecule has 0 amide bonds. The van der Waals surface area contributed by atoms with Gasteiger partial charge in [0.15, 0.2) is 0 Å². The van der Waals surface area contributed by atoms with Gasteiger partial charge in [-0.25, -0.2) is 0 Å². The number of aromatic nitrogens is 2. The van der Waals surface area contributed by atoms with Gasteiger partial charge in [0.05, 0.1) is 11.7 Å². The molecular formula is C14H17N3. The SMILES string of the molecule is CNC(Cc1cccc(C)c1)c1cnccn1. The lowest BCUT2D eigenvalue weighted by Gasteiger charge is -2.15. The van der Waals surface area contributed by atoms with Crippen molar-refractivity contribution < 1.29 is 0 Å². The number of hydrogen-bond acceptors (Lipinski definition) is 3. The number of rotatable bonds is 4. The van der Waals surface area contributed by atoms with Crippen LogP contribution in [0.4, 0.5) is 0 Å². The maximum atomic E-state index is 4.34. The molecule has 0 aliphatic carbocycles. The minimum Gasteiger partial charge on any atom is -0.311 e. The summed E-state index contributed by atoms with van der Waals surface area (Å²) in [6.07, 6.45) is 6.17. The van der Waals surface area contributed by atoms with Crippen molar-refractivity contribution in [3.8, 4) is 0 Å². The molecule has 2 aromatic rings. The highest BCUT2D eigenvalue weighted by molar-refractivity contribution is 5.24. The van der Waals surface area contributed by atoms with E-state index >= 15 is 0 Å². The Morgan fingerprint density at radius 1 is 1.29 bits per heavy atom. The van der Waals surface area contributed by atoms with E-state index in [1.165, 1.54) is 11.1 Å². The first kappa shape index (κ1) is 11.7. The normalized spacial score (nSPS) is 12.4. The highest BCUT2D eigenvalue weighted by Gasteiger charge is 2.11. The van der Waals surface area contributed by atoms with E-state index in [1.54, 1.807) is 12.4 Å². The molecule has 0 saturated heterocycles. The van der Waals surface area contributed by atoms with Crippen LogP contribution in [0.2, 0.25) is 0 Å². The van der Waals surface area contributed by atoms with E-state index in [1.807, 2.05) is 13.2 Å². The zero-order valence-corrected chi connectivity index (χ0v) is 10.2. The number of aryl methyl sites for hydroxylation is 1. The lowest BCUT2D eigenvalue weighted by atomic mass is 10.0. The molecule has 1 N–H and O–H groups in total. The fraction of sp³-hybridized carbons (Fsp3) is 0.286. The molecule has 1 unspecified atom stereocenters. The van der Waals surface area contributed by atoms with Crippen LogP contribution in [0.5, 0.6) is 0 Å². The summed E-state index contributed by atoms with van der Waals surface area (Å²) >= 11 is 0. The molecule has 0 bridgehead atoms. The van der Waals surface area contributed by atoms with Crippen molar-refractivity contribution in [3.05, 3.63) is 59.7 Å². The summed E-state index contributed by atoms with van der Waals surface area (Å²) in [5.41, 5.74) is 3.59. The summed E-state index contributed by atoms with van der Waals surface area (Å²) in [5, 5.41) is 3.28. The van der Waals surface area contributed by atoms with Crippen LogP contribution in [0.1, 0.15) is 22.9 Å². The first-order valence-electron chi connectivity index (χ1n) is 5.78. The van der Waals surface area contributed by atoms with Crippen molar-refractivity contribution in [1.29, 1.82) is 0 Å². The molecule has 0 aliphatic heterocycles. The lowest BCUT2D eigenvalue weighted by molar-refractivity contribution is 0.573. The van der Waals surface area contributed by atoms with Gasteiger partial charge in [0.25, 0.3) is 0 Å². The van der Waals surface area contributed by atoms with E-state index < -0.39 is 0 Å². The minimum absolute atomic E-state index is 0.213. The van der Waals surface area contributed by atoms with E-state index in [4.69, 9.17) is 0 Å². The van der Waals surface area contributed by atoms with E-state index in [-0.39, 0.29) is 6.04 Å². The molecule has 0 fully saturated rings. The maximum Gasteiger partial charge on any atom is 0.0759 e. The summed E-state index contributed by atoms with van der Waals surface area (Å²) in [6, 6.07) is 8.77. The summed E-state index contributed by atoms with van der Waals surface area (Å²) in [5.74, 6) is 0. The Balaban J connectivity index is 2.16. The standard InChI is InChI=1S/C14H17N3/c1-11-4-3-5-12(8-11)9-13(15-2)14-10-16-6-7-17-14/h3-8,10,13,15H,9H2,1-2H3. The van der Waals surface area contributed by atoms with Crippen LogP contribution in [0, 0.1) is 6.92 Å². The zero-order valence-electron chi connectivity index (χ0n) is 10.2. The van der Waals surface area contributed by atoms with Gasteiger partial charge in [-0.2, -0.15) is 0 Å². The third kappa shape index (κ3) is 3.11. The van der Waals surface area contributed by atoms with E-state index in [2.05, 4.69) is 46.5 Å². The molecule has 0 radical (unpaired) electrons. The van der Waals surface area contributed by atoms with E-state index in [9.17, 15) is 0 Å². The quantitative estimate of drug-likeness (QED) is 0.870. The molecule has 88 valence electrons. The average Bonchev–Trinajstić information content (AvgIpc) is 2.37. The first-order valence-corrected chi connectivity index (χ1v) is 5.78. The summed E-state index contributed by atoms with van der Waals surface area (Å²) in [4.78, 5) is 8.45. The molecule has 17 heavy (non-hydrogen) atoms. The zero-order chi connectivity index (χ0) is 12.1. The maximum absolute atomic E-state index is 4.34. The second-order valence-electron chi connectivity index (χ2n) is 4.16. The van der Waals surface area contributed by atoms with Crippen LogP contribution < -0.4 is 5.32 Å². The monoisotopic (exact) mass is 227 g/mol. The van der Waals surface area contributed by atoms with Crippen molar-refractivity contribution >= 4 is 0 Å². The molecule has 1 atom stereocenters. The number of nitrogens with one attached hydrogen (secondary N) is 1. The van der Waals surface area contributed by atoms with E-state index in [0.717, 1.165) is 12.1 Å². The first-order chi connectivity index (χ1) is 8.29. The fourth-order valence-corrected chi connectivity index (χ4v) is 1.92. The van der Waals surface area contributed by atoms with Gasteiger partial charge >= 0.3 is 0 Å². The molecule has 3 nitrogen and oxygen atoms in total. The second kappa shape index (κ2) is 5.55. The van der Waals surface area contributed by atoms with Crippen molar-refractivity contribution in [2.24, 2.45) is 0 Å². The molecule has 0 saturated carbocycles. The van der Waals surface area contributed by atoms with Gasteiger partial charge in [0, 0.05) is 18.6 Å². The van der Waals surface area contributed by atoms with Crippen molar-refractivity contribution in [1.82, 2.24) is 15.3 Å². The molecule has 0 aliphatic rings. The van der Waals surface area contributed by atoms with Gasteiger partial charge < -0.3 is 5.32 Å². The Kier molecular flexibility index (Phi) is 3.83. The summed E-state index contributed by atoms with van der Waals surface area (Å²) in [7, 11) is 1.95. The number of nitrogens with zero attached hydrogens (tertiary/aromatic N) is 2. The van der Waals surface area contributed by atoms with Gasteiger partial charge in [-0.05, 0) is 26.0 Å². The van der Waals surface area contributed by atoms with Crippen LogP contribution in [-0.2, 0) is 6.42 Å². The van der Waals surface area contributed by atoms with Gasteiger partial charge in [-0.1, -0.05) is 29.8 Å². The molecule has 1 heterocycles. The van der Waals surface area contributed by atoms with Crippen molar-refractivity contribution in [3.63, 3.8) is 0 Å². The molecule has 3 heteroatoms. The molecule has 1 aromatic heterocycles. The Morgan fingerprint density at radius 3 is 2.82 bits per heavy atom. The van der Waals surface area contributed by atoms with Crippen LogP contribution in [0.3, 0.4) is 0 Å². The van der Waals surface area contributed by atoms with Gasteiger partial charge in [-0.3, -0.25) is 9.97 Å². The fourth-order valence-electron chi connectivity index (χ4n) is 1.92. The second-order valence-corrected chi connectivity index (χ2v) is 4.16. The Morgan fingerprint density at radius 2 is 2.18 bits per heavy atom. The smallest absolute Gasteiger partial charge is 0.0759 e. The summed E-state index contributed by atoms with van der Waals surface area (Å²) in [6.45, 7) is 2.11. The highest BCUT2D eigenvalue weighted by atomic mass is 14.9. The lowest BCUT2D eigenvalue weighted by Crippen LogP contribution is -2.20. The predicted molar refractivity (Wildman–Crippen MR) is 68.7 cm³/mol. The highest BCUT2D eigenvalue weighted by Crippen LogP contribution is 2.16. The van der Waals surface area contributed by atoms with Crippen LogP contribution in [-0.4, -0.2) is 17.0 Å². The largest absolute Gasteiger partial charge is 0.311 e. The Hall–Kier alpha value is -1.74. The molecule has 0 spiro atoms. The van der Waals surface area contributed by atoms with E-state index in [0.29, 0.717) is 0 Å². The topological polar surface area (TPSA) is 37.8 Å². The predicted octanol–water partition coefficient (Wildman–Crippen LogP) is 2.29. The van der Waals surface area contributed by atoms with Gasteiger partial charge in [-0.15, -0.1) is 0 Å². The van der Waals surface area contributed by atoms with Gasteiger partial charge in [0.2, 0.25) is 0 Å². The average molecular weight is 227 g/mol. The van der Waals surface area contributed by atoms with Crippen LogP contribution >= 0.6 is 0 Å². The summed E-state index contributed by atoms with van der Waals surface area (Å²) < 4.78 is 0. The molecule has 1 aromatic carbocycles. The Bertz CT molecular complexity index is 468. The molecular weight excluding hydrogens is 210 g/mol. The number of likely N-dealkylation sites (N-methyl/N-ethyl adjacent to an activating group) is 1. The third-order valence-corrected chi connectivity index (χ3v) is 2.81. The Labute approximate surface area is 102 Å². The van der Waals surface area contributed by atoms with Crippen molar-refractivity contribution in [2.75, 3.05) is 7.05 Å². The van der Waals surface area contributed by atoms with Crippen LogP contribution in [0.15, 0.2) is 42.9 Å².